The zero-order valence-electron chi connectivity index (χ0n) is 16.8. The summed E-state index contributed by atoms with van der Waals surface area (Å²) in [4.78, 5) is 9.22. The van der Waals surface area contributed by atoms with Crippen molar-refractivity contribution in [2.45, 2.75) is 32.4 Å². The van der Waals surface area contributed by atoms with Crippen LogP contribution in [0.3, 0.4) is 0 Å². The molecule has 1 aromatic rings. The molecule has 0 saturated carbocycles. The van der Waals surface area contributed by atoms with Gasteiger partial charge in [-0.05, 0) is 32.4 Å². The topological polar surface area (TPSA) is 66.1 Å². The molecule has 154 valence electrons. The molecule has 0 amide bonds. The summed E-state index contributed by atoms with van der Waals surface area (Å²) in [6, 6.07) is 11.1. The number of hydrogen-bond acceptors (Lipinski definition) is 4. The van der Waals surface area contributed by atoms with Gasteiger partial charge in [0.2, 0.25) is 0 Å². The number of guanidine groups is 1. The Morgan fingerprint density at radius 2 is 2.00 bits per heavy atom. The Kier molecular flexibility index (Phi) is 12.6. The van der Waals surface area contributed by atoms with E-state index < -0.39 is 0 Å². The molecule has 1 aromatic carbocycles. The van der Waals surface area contributed by atoms with Crippen LogP contribution in [-0.2, 0) is 11.3 Å². The van der Waals surface area contributed by atoms with Crippen molar-refractivity contribution in [3.05, 3.63) is 35.9 Å². The van der Waals surface area contributed by atoms with Crippen LogP contribution < -0.4 is 11.1 Å². The molecule has 0 aromatic heterocycles. The number of benzene rings is 1. The second-order valence-corrected chi connectivity index (χ2v) is 7.04. The van der Waals surface area contributed by atoms with E-state index in [4.69, 9.17) is 10.5 Å². The van der Waals surface area contributed by atoms with Gasteiger partial charge in [-0.2, -0.15) is 0 Å². The van der Waals surface area contributed by atoms with Crippen LogP contribution in [0.5, 0.6) is 0 Å². The van der Waals surface area contributed by atoms with Gasteiger partial charge >= 0.3 is 0 Å². The van der Waals surface area contributed by atoms with Crippen molar-refractivity contribution in [2.24, 2.45) is 10.7 Å². The first-order valence-electron chi connectivity index (χ1n) is 9.73. The molecule has 0 radical (unpaired) electrons. The third kappa shape index (κ3) is 10.3. The van der Waals surface area contributed by atoms with Crippen LogP contribution in [0.15, 0.2) is 35.3 Å². The molecule has 0 bridgehead atoms. The standard InChI is InChI=1S/C20H35N5O.HI/c1-18(24(2)17-19-7-4-3-5-8-19)9-11-23-20(21)22-10-6-12-25-13-15-26-16-14-25;/h3-5,7-8,18H,6,9-17H2,1-2H3,(H3,21,22,23);1H. The Bertz CT molecular complexity index is 522. The van der Waals surface area contributed by atoms with Gasteiger partial charge in [0.25, 0.3) is 0 Å². The molecule has 6 nitrogen and oxygen atoms in total. The lowest BCUT2D eigenvalue weighted by molar-refractivity contribution is 0.0377. The fourth-order valence-electron chi connectivity index (χ4n) is 3.03. The van der Waals surface area contributed by atoms with E-state index in [-0.39, 0.29) is 24.0 Å². The van der Waals surface area contributed by atoms with Gasteiger partial charge in [-0.1, -0.05) is 30.3 Å². The summed E-state index contributed by atoms with van der Waals surface area (Å²) in [6.07, 6.45) is 2.08. The van der Waals surface area contributed by atoms with Crippen molar-refractivity contribution in [2.75, 3.05) is 53.0 Å². The Morgan fingerprint density at radius 3 is 2.70 bits per heavy atom. The summed E-state index contributed by atoms with van der Waals surface area (Å²) in [7, 11) is 2.17. The zero-order chi connectivity index (χ0) is 18.6. The van der Waals surface area contributed by atoms with Gasteiger partial charge < -0.3 is 15.8 Å². The molecular weight excluding hydrogens is 453 g/mol. The molecule has 1 aliphatic heterocycles. The van der Waals surface area contributed by atoms with Crippen LogP contribution in [0.2, 0.25) is 0 Å². The highest BCUT2D eigenvalue weighted by atomic mass is 127. The highest BCUT2D eigenvalue weighted by molar-refractivity contribution is 14.0. The maximum absolute atomic E-state index is 5.97. The van der Waals surface area contributed by atoms with E-state index in [0.29, 0.717) is 12.0 Å². The van der Waals surface area contributed by atoms with Gasteiger partial charge in [0.1, 0.15) is 0 Å². The number of halogens is 1. The summed E-state index contributed by atoms with van der Waals surface area (Å²) in [5, 5.41) is 3.24. The first kappa shape index (κ1) is 24.1. The normalized spacial score (nSPS) is 16.8. The molecule has 7 heteroatoms. The first-order chi connectivity index (χ1) is 12.6. The predicted octanol–water partition coefficient (Wildman–Crippen LogP) is 2.14. The monoisotopic (exact) mass is 489 g/mol. The van der Waals surface area contributed by atoms with Crippen LogP contribution >= 0.6 is 24.0 Å². The number of hydrogen-bond donors (Lipinski definition) is 2. The van der Waals surface area contributed by atoms with Crippen molar-refractivity contribution in [3.8, 4) is 0 Å². The Balaban J connectivity index is 0.00000364. The average molecular weight is 489 g/mol. The van der Waals surface area contributed by atoms with Crippen molar-refractivity contribution < 1.29 is 4.74 Å². The van der Waals surface area contributed by atoms with Crippen molar-refractivity contribution in [3.63, 3.8) is 0 Å². The molecule has 0 spiro atoms. The lowest BCUT2D eigenvalue weighted by Gasteiger charge is -2.26. The molecule has 0 aliphatic carbocycles. The number of morpholine rings is 1. The number of aliphatic imine (C=N–C) groups is 1. The molecule has 1 heterocycles. The molecule has 1 aliphatic rings. The number of nitrogens with zero attached hydrogens (tertiary/aromatic N) is 3. The van der Waals surface area contributed by atoms with Gasteiger partial charge in [-0.3, -0.25) is 14.8 Å². The summed E-state index contributed by atoms with van der Waals surface area (Å²) in [5.74, 6) is 0.560. The molecule has 1 saturated heterocycles. The minimum absolute atomic E-state index is 0. The zero-order valence-corrected chi connectivity index (χ0v) is 19.1. The summed E-state index contributed by atoms with van der Waals surface area (Å²) in [5.41, 5.74) is 7.31. The number of rotatable bonds is 10. The summed E-state index contributed by atoms with van der Waals surface area (Å²) >= 11 is 0. The number of ether oxygens (including phenoxy) is 1. The van der Waals surface area contributed by atoms with Crippen molar-refractivity contribution >= 4 is 29.9 Å². The second-order valence-electron chi connectivity index (χ2n) is 7.04. The summed E-state index contributed by atoms with van der Waals surface area (Å²) < 4.78 is 5.36. The average Bonchev–Trinajstić information content (AvgIpc) is 2.67. The van der Waals surface area contributed by atoms with E-state index in [1.165, 1.54) is 5.56 Å². The first-order valence-corrected chi connectivity index (χ1v) is 9.73. The molecule has 1 atom stereocenters. The second kappa shape index (κ2) is 14.1. The number of nitrogens with one attached hydrogen (secondary N) is 1. The van der Waals surface area contributed by atoms with Gasteiger partial charge in [-0.25, -0.2) is 0 Å². The Morgan fingerprint density at radius 1 is 1.30 bits per heavy atom. The Labute approximate surface area is 181 Å². The third-order valence-electron chi connectivity index (χ3n) is 4.91. The maximum Gasteiger partial charge on any atom is 0.188 e. The van der Waals surface area contributed by atoms with Gasteiger partial charge in [-0.15, -0.1) is 24.0 Å². The van der Waals surface area contributed by atoms with Crippen molar-refractivity contribution in [1.82, 2.24) is 15.1 Å². The third-order valence-corrected chi connectivity index (χ3v) is 4.91. The van der Waals surface area contributed by atoms with Crippen LogP contribution in [-0.4, -0.2) is 74.8 Å². The molecular formula is C20H36IN5O. The maximum atomic E-state index is 5.97. The number of nitrogens with two attached hydrogens (primary N) is 1. The Hall–Kier alpha value is -0.900. The highest BCUT2D eigenvalue weighted by Crippen LogP contribution is 2.07. The van der Waals surface area contributed by atoms with E-state index in [1.807, 2.05) is 0 Å². The lowest BCUT2D eigenvalue weighted by atomic mass is 10.1. The van der Waals surface area contributed by atoms with E-state index in [0.717, 1.165) is 65.3 Å². The summed E-state index contributed by atoms with van der Waals surface area (Å²) in [6.45, 7) is 9.68. The lowest BCUT2D eigenvalue weighted by Crippen LogP contribution is -2.38. The highest BCUT2D eigenvalue weighted by Gasteiger charge is 2.10. The van der Waals surface area contributed by atoms with E-state index in [2.05, 4.69) is 64.4 Å². The van der Waals surface area contributed by atoms with E-state index >= 15 is 0 Å². The van der Waals surface area contributed by atoms with E-state index in [1.54, 1.807) is 0 Å². The molecule has 1 unspecified atom stereocenters. The van der Waals surface area contributed by atoms with E-state index in [9.17, 15) is 0 Å². The SMILES string of the molecule is CC(CCNC(N)=NCCCN1CCOCC1)N(C)Cc1ccccc1.I. The van der Waals surface area contributed by atoms with Crippen LogP contribution in [0.1, 0.15) is 25.3 Å². The molecule has 27 heavy (non-hydrogen) atoms. The molecule has 2 rings (SSSR count). The fourth-order valence-corrected chi connectivity index (χ4v) is 3.03. The van der Waals surface area contributed by atoms with Crippen LogP contribution in [0.4, 0.5) is 0 Å². The minimum atomic E-state index is 0. The molecule has 1 fully saturated rings. The largest absolute Gasteiger partial charge is 0.379 e. The quantitative estimate of drug-likeness (QED) is 0.228. The van der Waals surface area contributed by atoms with Crippen LogP contribution in [0, 0.1) is 0 Å². The minimum Gasteiger partial charge on any atom is -0.379 e. The van der Waals surface area contributed by atoms with Gasteiger partial charge in [0.15, 0.2) is 5.96 Å². The van der Waals surface area contributed by atoms with Crippen LogP contribution in [0.25, 0.3) is 0 Å². The van der Waals surface area contributed by atoms with Gasteiger partial charge in [0, 0.05) is 45.3 Å². The van der Waals surface area contributed by atoms with Crippen molar-refractivity contribution in [1.29, 1.82) is 0 Å². The molecule has 3 N–H and O–H groups in total. The van der Waals surface area contributed by atoms with Gasteiger partial charge in [0.05, 0.1) is 13.2 Å². The smallest absolute Gasteiger partial charge is 0.188 e. The predicted molar refractivity (Wildman–Crippen MR) is 124 cm³/mol. The fraction of sp³-hybridized carbons (Fsp3) is 0.650.